The van der Waals surface area contributed by atoms with Crippen LogP contribution in [-0.2, 0) is 0 Å². The highest BCUT2D eigenvalue weighted by atomic mass is 14.9. The van der Waals surface area contributed by atoms with Crippen LogP contribution in [0.1, 0.15) is 59.3 Å². The lowest BCUT2D eigenvalue weighted by Gasteiger charge is -2.14. The summed E-state index contributed by atoms with van der Waals surface area (Å²) in [6, 6.07) is 0. The van der Waals surface area contributed by atoms with Crippen molar-refractivity contribution in [3.8, 4) is 0 Å². The quantitative estimate of drug-likeness (QED) is 0.541. The lowest BCUT2D eigenvalue weighted by Crippen LogP contribution is -2.03. The Balaban J connectivity index is 1.94. The van der Waals surface area contributed by atoms with Gasteiger partial charge in [-0.3, -0.25) is 0 Å². The Kier molecular flexibility index (Phi) is 2.28. The third-order valence-electron chi connectivity index (χ3n) is 5.07. The second-order valence-corrected chi connectivity index (χ2v) is 5.45. The summed E-state index contributed by atoms with van der Waals surface area (Å²) in [7, 11) is 0. The van der Waals surface area contributed by atoms with Crippen LogP contribution >= 0.6 is 0 Å². The third kappa shape index (κ3) is 1.06. The first-order valence-electron chi connectivity index (χ1n) is 6.33. The molecule has 0 spiro atoms. The summed E-state index contributed by atoms with van der Waals surface area (Å²) in [6.07, 6.45) is 8.29. The van der Waals surface area contributed by atoms with E-state index >= 15 is 0 Å². The summed E-state index contributed by atoms with van der Waals surface area (Å²) >= 11 is 0. The highest BCUT2D eigenvalue weighted by molar-refractivity contribution is 5.36. The summed E-state index contributed by atoms with van der Waals surface area (Å²) in [4.78, 5) is 0. The molecule has 0 bridgehead atoms. The molecule has 0 heterocycles. The molecule has 0 N–H and O–H groups in total. The smallest absolute Gasteiger partial charge is 0.0196 e. The van der Waals surface area contributed by atoms with Crippen molar-refractivity contribution in [2.75, 3.05) is 0 Å². The van der Waals surface area contributed by atoms with Gasteiger partial charge < -0.3 is 0 Å². The molecule has 2 fully saturated rings. The van der Waals surface area contributed by atoms with E-state index in [9.17, 15) is 0 Å². The van der Waals surface area contributed by atoms with E-state index in [1.807, 2.05) is 0 Å². The Hall–Kier alpha value is -0.260. The van der Waals surface area contributed by atoms with Crippen LogP contribution in [0.2, 0.25) is 0 Å². The maximum atomic E-state index is 4.16. The van der Waals surface area contributed by atoms with E-state index in [-0.39, 0.29) is 0 Å². The molecule has 3 atom stereocenters. The fraction of sp³-hybridized carbons (Fsp3) is 0.857. The SMILES string of the molecule is C=C(CC)CC1C2(CC)CC12CCC. The summed E-state index contributed by atoms with van der Waals surface area (Å²) in [6.45, 7) is 11.1. The highest BCUT2D eigenvalue weighted by Crippen LogP contribution is 2.94. The maximum absolute atomic E-state index is 4.16. The molecule has 2 rings (SSSR count). The Bertz CT molecular complexity index is 253. The average Bonchev–Trinajstić information content (AvgIpc) is 2.99. The normalized spacial score (nSPS) is 43.2. The summed E-state index contributed by atoms with van der Waals surface area (Å²) in [5.41, 5.74) is 3.07. The van der Waals surface area contributed by atoms with Crippen molar-refractivity contribution < 1.29 is 0 Å². The van der Waals surface area contributed by atoms with E-state index in [2.05, 4.69) is 27.4 Å². The standard InChI is InChI=1S/C14H24/c1-5-8-14-10-13(14,7-3)12(14)9-11(4)6-2/h12H,4-10H2,1-3H3. The van der Waals surface area contributed by atoms with Crippen molar-refractivity contribution in [1.82, 2.24) is 0 Å². The van der Waals surface area contributed by atoms with Gasteiger partial charge in [0, 0.05) is 0 Å². The molecule has 0 heteroatoms. The molecule has 0 aromatic heterocycles. The number of rotatable bonds is 6. The van der Waals surface area contributed by atoms with Gasteiger partial charge in [0.25, 0.3) is 0 Å². The fourth-order valence-electron chi connectivity index (χ4n) is 3.98. The molecular formula is C14H24. The van der Waals surface area contributed by atoms with Crippen molar-refractivity contribution >= 4 is 0 Å². The van der Waals surface area contributed by atoms with Crippen LogP contribution in [0.15, 0.2) is 12.2 Å². The summed E-state index contributed by atoms with van der Waals surface area (Å²) in [5, 5.41) is 0. The van der Waals surface area contributed by atoms with Crippen LogP contribution < -0.4 is 0 Å². The van der Waals surface area contributed by atoms with Crippen molar-refractivity contribution in [2.45, 2.75) is 59.3 Å². The molecule has 2 aliphatic rings. The average molecular weight is 192 g/mol. The largest absolute Gasteiger partial charge is 0.0999 e. The fourth-order valence-corrected chi connectivity index (χ4v) is 3.98. The Morgan fingerprint density at radius 3 is 2.50 bits per heavy atom. The van der Waals surface area contributed by atoms with Gasteiger partial charge in [-0.25, -0.2) is 0 Å². The molecule has 0 aliphatic heterocycles. The van der Waals surface area contributed by atoms with Crippen LogP contribution in [0, 0.1) is 16.7 Å². The molecular weight excluding hydrogens is 168 g/mol. The molecule has 3 unspecified atom stereocenters. The van der Waals surface area contributed by atoms with Gasteiger partial charge in [-0.2, -0.15) is 0 Å². The highest BCUT2D eigenvalue weighted by Gasteiger charge is 2.87. The molecule has 0 nitrogen and oxygen atoms in total. The lowest BCUT2D eigenvalue weighted by molar-refractivity contribution is 0.414. The minimum atomic E-state index is 0.793. The monoisotopic (exact) mass is 192 g/mol. The summed E-state index contributed by atoms with van der Waals surface area (Å²) < 4.78 is 0. The van der Waals surface area contributed by atoms with Gasteiger partial charge in [0.1, 0.15) is 0 Å². The molecule has 2 aliphatic carbocycles. The molecule has 0 radical (unpaired) electrons. The van der Waals surface area contributed by atoms with Crippen LogP contribution in [0.3, 0.4) is 0 Å². The predicted molar refractivity (Wildman–Crippen MR) is 62.2 cm³/mol. The topological polar surface area (TPSA) is 0 Å². The van der Waals surface area contributed by atoms with Crippen LogP contribution in [-0.4, -0.2) is 0 Å². The lowest BCUT2D eigenvalue weighted by atomic mass is 9.91. The van der Waals surface area contributed by atoms with E-state index in [4.69, 9.17) is 0 Å². The second kappa shape index (κ2) is 3.12. The van der Waals surface area contributed by atoms with E-state index in [1.165, 1.54) is 44.1 Å². The zero-order valence-electron chi connectivity index (χ0n) is 10.0. The van der Waals surface area contributed by atoms with Gasteiger partial charge in [-0.1, -0.05) is 39.3 Å². The van der Waals surface area contributed by atoms with Crippen molar-refractivity contribution in [1.29, 1.82) is 0 Å². The van der Waals surface area contributed by atoms with Crippen molar-refractivity contribution in [3.63, 3.8) is 0 Å². The predicted octanol–water partition coefficient (Wildman–Crippen LogP) is 4.56. The maximum Gasteiger partial charge on any atom is -0.0196 e. The first-order valence-corrected chi connectivity index (χ1v) is 6.33. The minimum Gasteiger partial charge on any atom is -0.0999 e. The Morgan fingerprint density at radius 2 is 2.00 bits per heavy atom. The summed E-state index contributed by atoms with van der Waals surface area (Å²) in [5.74, 6) is 1.02. The van der Waals surface area contributed by atoms with Gasteiger partial charge >= 0.3 is 0 Å². The van der Waals surface area contributed by atoms with Gasteiger partial charge in [-0.15, -0.1) is 0 Å². The molecule has 14 heavy (non-hydrogen) atoms. The van der Waals surface area contributed by atoms with Gasteiger partial charge in [0.15, 0.2) is 0 Å². The molecule has 0 saturated heterocycles. The number of allylic oxidation sites excluding steroid dienone is 1. The van der Waals surface area contributed by atoms with Crippen molar-refractivity contribution in [3.05, 3.63) is 12.2 Å². The zero-order chi connectivity index (χ0) is 10.4. The van der Waals surface area contributed by atoms with Gasteiger partial charge in [0.05, 0.1) is 0 Å². The van der Waals surface area contributed by atoms with Gasteiger partial charge in [0.2, 0.25) is 0 Å². The second-order valence-electron chi connectivity index (χ2n) is 5.45. The van der Waals surface area contributed by atoms with Gasteiger partial charge in [-0.05, 0) is 48.9 Å². The molecule has 0 aromatic carbocycles. The first-order chi connectivity index (χ1) is 6.66. The van der Waals surface area contributed by atoms with Crippen molar-refractivity contribution in [2.24, 2.45) is 16.7 Å². The Morgan fingerprint density at radius 1 is 1.29 bits per heavy atom. The van der Waals surface area contributed by atoms with Crippen LogP contribution in [0.5, 0.6) is 0 Å². The van der Waals surface area contributed by atoms with Crippen LogP contribution in [0.4, 0.5) is 0 Å². The van der Waals surface area contributed by atoms with Crippen LogP contribution in [0.25, 0.3) is 0 Å². The minimum absolute atomic E-state index is 0.793. The van der Waals surface area contributed by atoms with E-state index in [0.717, 1.165) is 16.7 Å². The number of hydrogen-bond acceptors (Lipinski definition) is 0. The number of fused-ring (bicyclic) bond motifs is 1. The number of hydrogen-bond donors (Lipinski definition) is 0. The third-order valence-corrected chi connectivity index (χ3v) is 5.07. The molecule has 2 saturated carbocycles. The van der Waals surface area contributed by atoms with E-state index in [0.29, 0.717) is 0 Å². The molecule has 80 valence electrons. The molecule has 0 amide bonds. The Labute approximate surface area is 88.8 Å². The first kappa shape index (κ1) is 10.3. The van der Waals surface area contributed by atoms with E-state index < -0.39 is 0 Å². The van der Waals surface area contributed by atoms with E-state index in [1.54, 1.807) is 0 Å². The molecule has 0 aromatic rings. The zero-order valence-corrected chi connectivity index (χ0v) is 10.0.